The molecular formula is C35H30F2N2O4. The zero-order valence-electron chi connectivity index (χ0n) is 23.4. The number of nitrogens with zero attached hydrogens (tertiary/aromatic N) is 1. The minimum Gasteiger partial charge on any atom is -0.426 e. The Kier molecular flexibility index (Phi) is 10.9. The first-order chi connectivity index (χ1) is 20.9. The second-order valence-corrected chi connectivity index (χ2v) is 9.95. The molecule has 218 valence electrons. The highest BCUT2D eigenvalue weighted by Crippen LogP contribution is 2.28. The van der Waals surface area contributed by atoms with Gasteiger partial charge in [0.25, 0.3) is 0 Å². The van der Waals surface area contributed by atoms with Crippen LogP contribution in [0, 0.1) is 28.4 Å². The highest BCUT2D eigenvalue weighted by molar-refractivity contribution is 5.79. The van der Waals surface area contributed by atoms with E-state index in [4.69, 9.17) is 20.1 Å². The molecule has 0 aliphatic heterocycles. The fourth-order valence-corrected chi connectivity index (χ4v) is 4.50. The van der Waals surface area contributed by atoms with Crippen LogP contribution in [0.15, 0.2) is 84.9 Å². The summed E-state index contributed by atoms with van der Waals surface area (Å²) in [5.74, 6) is -1.65. The monoisotopic (exact) mass is 580 g/mol. The van der Waals surface area contributed by atoms with Gasteiger partial charge in [-0.25, -0.2) is 8.78 Å². The largest absolute Gasteiger partial charge is 0.426 e. The van der Waals surface area contributed by atoms with Gasteiger partial charge in [0.15, 0.2) is 0 Å². The molecule has 0 saturated carbocycles. The van der Waals surface area contributed by atoms with Crippen molar-refractivity contribution in [3.8, 4) is 39.8 Å². The van der Waals surface area contributed by atoms with Crippen molar-refractivity contribution < 1.29 is 27.8 Å². The fourth-order valence-electron chi connectivity index (χ4n) is 4.50. The SMILES string of the molecule is N#Cc1ccc(-c2ccc(OC(=O)CCCCCCCC(=O)Oc3ccc(-c4ccc(C=N)cc4)c(F)c3)cc2F)cc1. The van der Waals surface area contributed by atoms with Crippen molar-refractivity contribution in [2.75, 3.05) is 0 Å². The van der Waals surface area contributed by atoms with Crippen LogP contribution in [0.3, 0.4) is 0 Å². The lowest BCUT2D eigenvalue weighted by molar-refractivity contribution is -0.135. The van der Waals surface area contributed by atoms with Crippen LogP contribution < -0.4 is 9.47 Å². The molecule has 0 bridgehead atoms. The van der Waals surface area contributed by atoms with Crippen molar-refractivity contribution in [1.29, 1.82) is 10.7 Å². The van der Waals surface area contributed by atoms with Crippen molar-refractivity contribution in [1.82, 2.24) is 0 Å². The second kappa shape index (κ2) is 15.2. The maximum absolute atomic E-state index is 14.6. The maximum Gasteiger partial charge on any atom is 0.311 e. The molecule has 0 amide bonds. The Hall–Kier alpha value is -5.16. The lowest BCUT2D eigenvalue weighted by Gasteiger charge is -2.08. The normalized spacial score (nSPS) is 10.5. The molecule has 0 unspecified atom stereocenters. The van der Waals surface area contributed by atoms with Gasteiger partial charge in [-0.15, -0.1) is 0 Å². The number of nitrogens with one attached hydrogen (secondary N) is 1. The summed E-state index contributed by atoms with van der Waals surface area (Å²) in [5.41, 5.74) is 3.21. The molecule has 0 saturated heterocycles. The van der Waals surface area contributed by atoms with Crippen LogP contribution in [0.5, 0.6) is 11.5 Å². The van der Waals surface area contributed by atoms with E-state index >= 15 is 0 Å². The highest BCUT2D eigenvalue weighted by Gasteiger charge is 2.12. The molecule has 4 rings (SSSR count). The summed E-state index contributed by atoms with van der Waals surface area (Å²) in [5, 5.41) is 16.2. The zero-order chi connectivity index (χ0) is 30.6. The van der Waals surface area contributed by atoms with E-state index in [-0.39, 0.29) is 24.3 Å². The lowest BCUT2D eigenvalue weighted by atomic mass is 10.0. The summed E-state index contributed by atoms with van der Waals surface area (Å²) in [6.45, 7) is 0. The summed E-state index contributed by atoms with van der Waals surface area (Å²) in [4.78, 5) is 24.4. The topological polar surface area (TPSA) is 100 Å². The summed E-state index contributed by atoms with van der Waals surface area (Å²) in [6.07, 6.45) is 5.16. The van der Waals surface area contributed by atoms with E-state index < -0.39 is 23.6 Å². The summed E-state index contributed by atoms with van der Waals surface area (Å²) in [7, 11) is 0. The third kappa shape index (κ3) is 8.91. The van der Waals surface area contributed by atoms with Crippen LogP contribution in [0.25, 0.3) is 22.3 Å². The molecule has 43 heavy (non-hydrogen) atoms. The van der Waals surface area contributed by atoms with Crippen LogP contribution in [-0.2, 0) is 9.59 Å². The van der Waals surface area contributed by atoms with Crippen molar-refractivity contribution in [3.05, 3.63) is 108 Å². The van der Waals surface area contributed by atoms with Crippen molar-refractivity contribution in [3.63, 3.8) is 0 Å². The zero-order valence-corrected chi connectivity index (χ0v) is 23.4. The number of benzene rings is 4. The molecule has 1 N–H and O–H groups in total. The van der Waals surface area contributed by atoms with Gasteiger partial charge in [0.2, 0.25) is 0 Å². The number of hydrogen-bond donors (Lipinski definition) is 1. The number of rotatable bonds is 13. The molecule has 4 aromatic rings. The molecule has 6 nitrogen and oxygen atoms in total. The molecule has 4 aromatic carbocycles. The van der Waals surface area contributed by atoms with Crippen LogP contribution >= 0.6 is 0 Å². The van der Waals surface area contributed by atoms with Crippen molar-refractivity contribution in [2.24, 2.45) is 0 Å². The van der Waals surface area contributed by atoms with E-state index in [0.29, 0.717) is 40.7 Å². The molecule has 0 aromatic heterocycles. The lowest BCUT2D eigenvalue weighted by Crippen LogP contribution is -2.08. The maximum atomic E-state index is 14.6. The van der Waals surface area contributed by atoms with Gasteiger partial charge in [0.1, 0.15) is 23.1 Å². The fraction of sp³-hybridized carbons (Fsp3) is 0.200. The molecule has 0 heterocycles. The molecule has 0 radical (unpaired) electrons. The predicted octanol–water partition coefficient (Wildman–Crippen LogP) is 8.41. The number of hydrogen-bond acceptors (Lipinski definition) is 6. The number of nitriles is 1. The van der Waals surface area contributed by atoms with E-state index in [9.17, 15) is 18.4 Å². The Balaban J connectivity index is 1.11. The Morgan fingerprint density at radius 1 is 0.674 bits per heavy atom. The highest BCUT2D eigenvalue weighted by atomic mass is 19.1. The van der Waals surface area contributed by atoms with E-state index in [0.717, 1.165) is 24.8 Å². The third-order valence-electron chi connectivity index (χ3n) is 6.82. The van der Waals surface area contributed by atoms with Gasteiger partial charge in [-0.2, -0.15) is 5.26 Å². The average molecular weight is 581 g/mol. The van der Waals surface area contributed by atoms with Gasteiger partial charge in [-0.1, -0.05) is 55.7 Å². The Morgan fingerprint density at radius 3 is 1.53 bits per heavy atom. The van der Waals surface area contributed by atoms with E-state index in [2.05, 4.69) is 0 Å². The van der Waals surface area contributed by atoms with Gasteiger partial charge >= 0.3 is 11.9 Å². The number of esters is 2. The van der Waals surface area contributed by atoms with E-state index in [1.807, 2.05) is 6.07 Å². The van der Waals surface area contributed by atoms with Crippen LogP contribution in [0.4, 0.5) is 8.78 Å². The van der Waals surface area contributed by atoms with Gasteiger partial charge < -0.3 is 14.9 Å². The summed E-state index contributed by atoms with van der Waals surface area (Å²) < 4.78 is 39.7. The molecule has 0 aliphatic rings. The van der Waals surface area contributed by atoms with Crippen LogP contribution in [0.2, 0.25) is 0 Å². The Morgan fingerprint density at radius 2 is 1.12 bits per heavy atom. The van der Waals surface area contributed by atoms with Crippen LogP contribution in [0.1, 0.15) is 56.1 Å². The summed E-state index contributed by atoms with van der Waals surface area (Å²) in [6, 6.07) is 24.0. The minimum atomic E-state index is -0.526. The molecular weight excluding hydrogens is 550 g/mol. The van der Waals surface area contributed by atoms with Gasteiger partial charge in [-0.05, 0) is 65.9 Å². The smallest absolute Gasteiger partial charge is 0.311 e. The average Bonchev–Trinajstić information content (AvgIpc) is 3.01. The van der Waals surface area contributed by atoms with Crippen molar-refractivity contribution in [2.45, 2.75) is 44.9 Å². The third-order valence-corrected chi connectivity index (χ3v) is 6.82. The standard InChI is InChI=1S/C35H30F2N2O4/c36-32-20-28(16-18-30(32)26-12-8-24(22-38)9-13-26)42-34(40)6-4-2-1-3-5-7-35(41)43-29-17-19-31(33(37)21-29)27-14-10-25(23-39)11-15-27/h8-22,38H,1-7H2. The number of unbranched alkanes of at least 4 members (excludes halogenated alkanes) is 4. The van der Waals surface area contributed by atoms with Crippen molar-refractivity contribution >= 4 is 18.2 Å². The first kappa shape index (κ1) is 30.8. The van der Waals surface area contributed by atoms with Gasteiger partial charge in [0.05, 0.1) is 11.6 Å². The number of ether oxygens (including phenoxy) is 2. The van der Waals surface area contributed by atoms with E-state index in [1.54, 1.807) is 60.7 Å². The van der Waals surface area contributed by atoms with Crippen LogP contribution in [-0.4, -0.2) is 18.2 Å². The molecule has 0 spiro atoms. The first-order valence-electron chi connectivity index (χ1n) is 14.0. The molecule has 0 fully saturated rings. The second-order valence-electron chi connectivity index (χ2n) is 9.95. The number of halogens is 2. The number of carbonyl (C=O) groups is 2. The van der Waals surface area contributed by atoms with E-state index in [1.165, 1.54) is 30.5 Å². The quantitative estimate of drug-likeness (QED) is 0.0741. The minimum absolute atomic E-state index is 0.130. The number of carbonyl (C=O) groups excluding carboxylic acids is 2. The molecule has 8 heteroatoms. The molecule has 0 aliphatic carbocycles. The van der Waals surface area contributed by atoms with Gasteiger partial charge in [0, 0.05) is 42.3 Å². The Labute approximate surface area is 249 Å². The van der Waals surface area contributed by atoms with Gasteiger partial charge in [-0.3, -0.25) is 9.59 Å². The molecule has 0 atom stereocenters. The first-order valence-corrected chi connectivity index (χ1v) is 14.0. The Bertz CT molecular complexity index is 1630. The predicted molar refractivity (Wildman–Crippen MR) is 160 cm³/mol. The summed E-state index contributed by atoms with van der Waals surface area (Å²) >= 11 is 0.